The van der Waals surface area contributed by atoms with Crippen LogP contribution in [-0.2, 0) is 40.5 Å². The SMILES string of the molecule is Nc1ccc2c(O)c(N=Nc3ccc(N=Nc4ccc(N=Nc5cccc(S(=O)(=O)[O-])c5)c5cc(S(=O)(=O)[O-])ccc45)c4ccc(S(=O)(=O)[O-])cc34)c(S(=O)(=O)[O-])cc2c1.[Na+].[Na+].[Na+].[Na+]. The van der Waals surface area contributed by atoms with Gasteiger partial charge in [-0.15, -0.1) is 25.6 Å². The average molecular weight is 980 g/mol. The molecule has 0 unspecified atom stereocenters. The smallest absolute Gasteiger partial charge is 0.744 e. The summed E-state index contributed by atoms with van der Waals surface area (Å²) in [5.41, 5.74) is 5.13. The summed E-state index contributed by atoms with van der Waals surface area (Å²) in [5, 5.41) is 35.8. The van der Waals surface area contributed by atoms with Crippen molar-refractivity contribution in [2.24, 2.45) is 30.7 Å². The molecule has 20 nitrogen and oxygen atoms in total. The molecule has 0 radical (unpaired) electrons. The summed E-state index contributed by atoms with van der Waals surface area (Å²) in [6.45, 7) is 0. The third-order valence-corrected chi connectivity index (χ3v) is 12.1. The predicted octanol–water partition coefficient (Wildman–Crippen LogP) is -4.69. The number of rotatable bonds is 10. The molecule has 0 amide bonds. The number of phenolic OH excluding ortho intramolecular Hbond substituents is 1. The van der Waals surface area contributed by atoms with E-state index in [2.05, 4.69) is 30.7 Å². The number of benzene rings is 7. The zero-order valence-electron chi connectivity index (χ0n) is 33.6. The molecule has 0 aliphatic rings. The molecule has 0 heterocycles. The molecule has 0 aliphatic heterocycles. The predicted molar refractivity (Wildman–Crippen MR) is 209 cm³/mol. The molecule has 0 saturated carbocycles. The molecule has 306 valence electrons. The van der Waals surface area contributed by atoms with Crippen molar-refractivity contribution < 1.29 is 175 Å². The van der Waals surface area contributed by atoms with E-state index in [-0.39, 0.29) is 185 Å². The van der Waals surface area contributed by atoms with Crippen LogP contribution in [0, 0.1) is 0 Å². The van der Waals surface area contributed by atoms with Gasteiger partial charge in [0.25, 0.3) is 0 Å². The van der Waals surface area contributed by atoms with Crippen LogP contribution in [0.15, 0.2) is 159 Å². The van der Waals surface area contributed by atoms with Gasteiger partial charge < -0.3 is 29.1 Å². The van der Waals surface area contributed by atoms with Gasteiger partial charge >= 0.3 is 118 Å². The van der Waals surface area contributed by atoms with Crippen LogP contribution >= 0.6 is 0 Å². The molecule has 64 heavy (non-hydrogen) atoms. The zero-order valence-corrected chi connectivity index (χ0v) is 44.9. The third-order valence-electron chi connectivity index (χ3n) is 8.71. The first-order valence-electron chi connectivity index (χ1n) is 16.5. The fourth-order valence-corrected chi connectivity index (χ4v) is 8.08. The van der Waals surface area contributed by atoms with Crippen molar-refractivity contribution in [1.82, 2.24) is 0 Å². The number of nitrogen functional groups attached to an aromatic ring is 1. The van der Waals surface area contributed by atoms with Crippen molar-refractivity contribution >= 4 is 113 Å². The standard InChI is InChI=1S/C36H25N7O13S4.4Na/c37-20-4-7-25-19(14-20)15-34(60(54,55)56)35(36(25)44)43-42-33-13-11-31(27-9-6-24(18-29(27)33)59(51,52)53)41-40-30-10-12-32(28-17-23(58(48,49)50)5-8-26(28)30)39-38-21-2-1-3-22(16-21)57(45,46)47;;;;/h1-18,44H,37H2,(H,45,46,47)(H,48,49,50)(H,51,52,53)(H,54,55,56);;;;/q;4*+1/p-4. The van der Waals surface area contributed by atoms with Gasteiger partial charge in [-0.3, -0.25) is 0 Å². The Labute approximate surface area is 452 Å². The van der Waals surface area contributed by atoms with Gasteiger partial charge in [-0.2, -0.15) is 5.11 Å². The van der Waals surface area contributed by atoms with Crippen LogP contribution in [-0.4, -0.2) is 57.0 Å². The van der Waals surface area contributed by atoms with Crippen LogP contribution in [0.3, 0.4) is 0 Å². The molecule has 0 bridgehead atoms. The Morgan fingerprint density at radius 1 is 0.422 bits per heavy atom. The molecular formula is C36H21N7Na4O13S4. The summed E-state index contributed by atoms with van der Waals surface area (Å²) in [5.74, 6) is -0.730. The van der Waals surface area contributed by atoms with Gasteiger partial charge in [0.05, 0.1) is 48.0 Å². The second kappa shape index (κ2) is 21.5. The number of nitrogens with zero attached hydrogens (tertiary/aromatic N) is 6. The summed E-state index contributed by atoms with van der Waals surface area (Å²) in [4.78, 5) is -2.85. The van der Waals surface area contributed by atoms with E-state index in [1.807, 2.05) is 0 Å². The van der Waals surface area contributed by atoms with Crippen molar-refractivity contribution in [3.05, 3.63) is 109 Å². The van der Waals surface area contributed by atoms with E-state index < -0.39 is 71.5 Å². The quantitative estimate of drug-likeness (QED) is 0.0563. The van der Waals surface area contributed by atoms with E-state index in [1.165, 1.54) is 66.7 Å². The minimum atomic E-state index is -5.26. The van der Waals surface area contributed by atoms with Crippen LogP contribution in [0.5, 0.6) is 5.75 Å². The number of anilines is 1. The number of nitrogens with two attached hydrogens (primary N) is 1. The molecule has 28 heteroatoms. The van der Waals surface area contributed by atoms with Gasteiger partial charge in [0.1, 0.15) is 46.2 Å². The molecule has 7 aromatic rings. The van der Waals surface area contributed by atoms with Crippen LogP contribution in [0.1, 0.15) is 0 Å². The Balaban J connectivity index is 0.00000272. The van der Waals surface area contributed by atoms with Crippen molar-refractivity contribution in [3.63, 3.8) is 0 Å². The van der Waals surface area contributed by atoms with Gasteiger partial charge in [0.15, 0.2) is 5.75 Å². The fraction of sp³-hybridized carbons (Fsp3) is 0. The number of phenols is 1. The van der Waals surface area contributed by atoms with Gasteiger partial charge in [-0.25, -0.2) is 33.7 Å². The number of aromatic hydroxyl groups is 1. The van der Waals surface area contributed by atoms with Gasteiger partial charge in [-0.1, -0.05) is 18.2 Å². The third kappa shape index (κ3) is 12.5. The molecule has 0 aromatic heterocycles. The molecule has 0 atom stereocenters. The summed E-state index contributed by atoms with van der Waals surface area (Å²) in [7, 11) is -20.1. The average Bonchev–Trinajstić information content (AvgIpc) is 3.17. The Hall–Kier alpha value is -2.64. The molecule has 0 spiro atoms. The maximum Gasteiger partial charge on any atom is 1.00 e. The first-order chi connectivity index (χ1) is 28.1. The summed E-state index contributed by atoms with van der Waals surface area (Å²) >= 11 is 0. The molecular weight excluding hydrogens is 959 g/mol. The number of azo groups is 3. The van der Waals surface area contributed by atoms with Gasteiger partial charge in [-0.05, 0) is 96.4 Å². The second-order valence-corrected chi connectivity index (χ2v) is 18.1. The first-order valence-corrected chi connectivity index (χ1v) is 22.1. The van der Waals surface area contributed by atoms with Crippen molar-refractivity contribution in [1.29, 1.82) is 0 Å². The van der Waals surface area contributed by atoms with Crippen molar-refractivity contribution in [2.45, 2.75) is 19.6 Å². The van der Waals surface area contributed by atoms with Crippen LogP contribution < -0.4 is 124 Å². The Morgan fingerprint density at radius 3 is 1.31 bits per heavy atom. The summed E-state index contributed by atoms with van der Waals surface area (Å²) in [6.07, 6.45) is 0. The minimum absolute atomic E-state index is 0. The summed E-state index contributed by atoms with van der Waals surface area (Å²) in [6, 6.07) is 21.4. The van der Waals surface area contributed by atoms with E-state index in [0.29, 0.717) is 0 Å². The molecule has 0 aliphatic carbocycles. The maximum atomic E-state index is 12.2. The number of hydrogen-bond donors (Lipinski definition) is 2. The minimum Gasteiger partial charge on any atom is -0.744 e. The number of fused-ring (bicyclic) bond motifs is 3. The summed E-state index contributed by atoms with van der Waals surface area (Å²) < 4.78 is 143. The van der Waals surface area contributed by atoms with Gasteiger partial charge in [0.2, 0.25) is 0 Å². The van der Waals surface area contributed by atoms with Crippen LogP contribution in [0.2, 0.25) is 0 Å². The number of hydrogen-bond acceptors (Lipinski definition) is 20. The Bertz CT molecular complexity index is 3550. The Kier molecular flexibility index (Phi) is 18.7. The second-order valence-electron chi connectivity index (χ2n) is 12.6. The first kappa shape index (κ1) is 55.7. The van der Waals surface area contributed by atoms with E-state index >= 15 is 0 Å². The zero-order chi connectivity index (χ0) is 43.4. The van der Waals surface area contributed by atoms with Gasteiger partial charge in [0, 0.05) is 32.6 Å². The topological polar surface area (TPSA) is 349 Å². The van der Waals surface area contributed by atoms with Crippen LogP contribution in [0.25, 0.3) is 32.3 Å². The normalized spacial score (nSPS) is 12.3. The van der Waals surface area contributed by atoms with E-state index in [0.717, 1.165) is 42.5 Å². The van der Waals surface area contributed by atoms with Crippen molar-refractivity contribution in [2.75, 3.05) is 5.73 Å². The molecule has 7 rings (SSSR count). The van der Waals surface area contributed by atoms with E-state index in [4.69, 9.17) is 5.73 Å². The largest absolute Gasteiger partial charge is 1.00 e. The molecule has 7 aromatic carbocycles. The Morgan fingerprint density at radius 2 is 0.844 bits per heavy atom. The molecule has 0 fully saturated rings. The van der Waals surface area contributed by atoms with Crippen LogP contribution in [0.4, 0.5) is 39.8 Å². The molecule has 3 N–H and O–H groups in total. The maximum absolute atomic E-state index is 12.2. The van der Waals surface area contributed by atoms with Crippen molar-refractivity contribution in [3.8, 4) is 5.75 Å². The fourth-order valence-electron chi connectivity index (χ4n) is 5.93. The molecule has 0 saturated heterocycles. The monoisotopic (exact) mass is 979 g/mol. The van der Waals surface area contributed by atoms with E-state index in [9.17, 15) is 57.0 Å². The van der Waals surface area contributed by atoms with E-state index in [1.54, 1.807) is 0 Å².